The molecule has 0 radical (unpaired) electrons. The van der Waals surface area contributed by atoms with Gasteiger partial charge in [-0.1, -0.05) is 12.8 Å². The zero-order chi connectivity index (χ0) is 20.9. The number of imide groups is 1. The van der Waals surface area contributed by atoms with Crippen molar-refractivity contribution < 1.29 is 66.5 Å². The maximum absolute atomic E-state index is 11.7. The summed E-state index contributed by atoms with van der Waals surface area (Å²) < 4.78 is 32.7. The molecule has 2 amide bonds. The number of unbranched alkanes of at least 4 members (excludes halogenated alkanes) is 3. The minimum absolute atomic E-state index is 0. The number of amides is 2. The molecule has 0 aromatic rings. The fraction of sp³-hybridized carbons (Fsp3) is 0.750. The van der Waals surface area contributed by atoms with Gasteiger partial charge in [0.15, 0.2) is 5.66 Å². The zero-order valence-corrected chi connectivity index (χ0v) is 19.3. The van der Waals surface area contributed by atoms with Gasteiger partial charge in [0, 0.05) is 25.7 Å². The van der Waals surface area contributed by atoms with Crippen molar-refractivity contribution in [3.63, 3.8) is 0 Å². The van der Waals surface area contributed by atoms with Crippen LogP contribution in [0.4, 0.5) is 0 Å². The molecule has 11 nitrogen and oxygen atoms in total. The largest absolute Gasteiger partial charge is 1.00 e. The van der Waals surface area contributed by atoms with E-state index in [2.05, 4.69) is 15.1 Å². The molecule has 2 heterocycles. The summed E-state index contributed by atoms with van der Waals surface area (Å²) in [4.78, 5) is 51.3. The third kappa shape index (κ3) is 8.21. The van der Waals surface area contributed by atoms with Crippen molar-refractivity contribution in [2.24, 2.45) is 10.2 Å². The third-order valence-electron chi connectivity index (χ3n) is 4.51. The monoisotopic (exact) mass is 439 g/mol. The predicted molar refractivity (Wildman–Crippen MR) is 91.3 cm³/mol. The van der Waals surface area contributed by atoms with Crippen molar-refractivity contribution in [2.75, 3.05) is 0 Å². The minimum atomic E-state index is -4.99. The van der Waals surface area contributed by atoms with E-state index in [0.29, 0.717) is 38.5 Å². The van der Waals surface area contributed by atoms with Gasteiger partial charge in [0.2, 0.25) is 0 Å². The van der Waals surface area contributed by atoms with Crippen LogP contribution in [0.25, 0.3) is 0 Å². The molecule has 156 valence electrons. The number of hydrogen-bond acceptors (Lipinski definition) is 10. The van der Waals surface area contributed by atoms with Crippen molar-refractivity contribution in [3.8, 4) is 0 Å². The van der Waals surface area contributed by atoms with Crippen molar-refractivity contribution in [2.45, 2.75) is 75.6 Å². The Kier molecular flexibility index (Phi) is 9.54. The maximum atomic E-state index is 11.7. The third-order valence-corrected chi connectivity index (χ3v) is 5.57. The molecule has 1 fully saturated rings. The van der Waals surface area contributed by atoms with Crippen molar-refractivity contribution >= 4 is 33.7 Å². The van der Waals surface area contributed by atoms with Gasteiger partial charge in [-0.05, 0) is 19.8 Å². The molecule has 1 saturated heterocycles. The SMILES string of the molecule is CC1(CCC(=O)CCCCCCC(=O)ON2C(=O)CC(S(=O)(=O)[O-])C2=O)N=N1.[Na+]. The van der Waals surface area contributed by atoms with Crippen LogP contribution < -0.4 is 29.6 Å². The molecule has 29 heavy (non-hydrogen) atoms. The second-order valence-corrected chi connectivity index (χ2v) is 8.60. The van der Waals surface area contributed by atoms with E-state index in [9.17, 15) is 32.1 Å². The Morgan fingerprint density at radius 1 is 1.14 bits per heavy atom. The van der Waals surface area contributed by atoms with E-state index in [1.165, 1.54) is 0 Å². The number of carbonyl (C=O) groups is 4. The van der Waals surface area contributed by atoms with Gasteiger partial charge in [-0.25, -0.2) is 13.2 Å². The number of Topliss-reactive ketones (excluding diaryl/α,β-unsaturated/α-hetero) is 1. The molecule has 0 bridgehead atoms. The molecule has 0 aromatic heterocycles. The van der Waals surface area contributed by atoms with E-state index in [4.69, 9.17) is 0 Å². The van der Waals surface area contributed by atoms with Crippen LogP contribution in [0.2, 0.25) is 0 Å². The van der Waals surface area contributed by atoms with Crippen molar-refractivity contribution in [1.29, 1.82) is 0 Å². The van der Waals surface area contributed by atoms with Gasteiger partial charge in [0.05, 0.1) is 6.42 Å². The van der Waals surface area contributed by atoms with E-state index in [1.807, 2.05) is 6.92 Å². The van der Waals surface area contributed by atoms with E-state index in [0.717, 1.165) is 6.42 Å². The molecule has 0 aliphatic carbocycles. The fourth-order valence-electron chi connectivity index (χ4n) is 2.68. The summed E-state index contributed by atoms with van der Waals surface area (Å²) in [6.45, 7) is 1.86. The number of nitrogens with zero attached hydrogens (tertiary/aromatic N) is 3. The van der Waals surface area contributed by atoms with E-state index in [1.54, 1.807) is 0 Å². The Hall–Kier alpha value is -1.21. The second kappa shape index (κ2) is 10.7. The molecule has 0 N–H and O–H groups in total. The van der Waals surface area contributed by atoms with Gasteiger partial charge in [0.25, 0.3) is 11.8 Å². The quantitative estimate of drug-likeness (QED) is 0.146. The molecular weight excluding hydrogens is 417 g/mol. The molecule has 1 atom stereocenters. The van der Waals surface area contributed by atoms with Gasteiger partial charge < -0.3 is 9.39 Å². The molecule has 1 unspecified atom stereocenters. The Bertz CT molecular complexity index is 792. The zero-order valence-electron chi connectivity index (χ0n) is 16.5. The van der Waals surface area contributed by atoms with Crippen LogP contribution in [0.5, 0.6) is 0 Å². The summed E-state index contributed by atoms with van der Waals surface area (Å²) in [7, 11) is -4.99. The van der Waals surface area contributed by atoms with Crippen molar-refractivity contribution in [3.05, 3.63) is 0 Å². The Morgan fingerprint density at radius 2 is 1.72 bits per heavy atom. The number of carbonyl (C=O) groups excluding carboxylic acids is 4. The summed E-state index contributed by atoms with van der Waals surface area (Å²) in [5.74, 6) is -3.10. The molecule has 0 spiro atoms. The summed E-state index contributed by atoms with van der Waals surface area (Å²) in [6, 6.07) is 0. The molecule has 13 heteroatoms. The predicted octanol–water partition coefficient (Wildman–Crippen LogP) is -2.01. The summed E-state index contributed by atoms with van der Waals surface area (Å²) >= 11 is 0. The van der Waals surface area contributed by atoms with Crippen LogP contribution in [-0.2, 0) is 34.1 Å². The molecule has 2 rings (SSSR count). The smallest absolute Gasteiger partial charge is 0.747 e. The van der Waals surface area contributed by atoms with E-state index >= 15 is 0 Å². The second-order valence-electron chi connectivity index (χ2n) is 7.05. The Balaban J connectivity index is 0.00000420. The van der Waals surface area contributed by atoms with Crippen LogP contribution in [0, 0.1) is 0 Å². The number of ketones is 1. The molecule has 2 aliphatic rings. The van der Waals surface area contributed by atoms with Crippen LogP contribution in [0.3, 0.4) is 0 Å². The Labute approximate surface area is 190 Å². The average molecular weight is 439 g/mol. The van der Waals surface area contributed by atoms with Crippen LogP contribution in [0.1, 0.15) is 64.7 Å². The van der Waals surface area contributed by atoms with E-state index < -0.39 is 39.6 Å². The number of hydroxylamine groups is 2. The van der Waals surface area contributed by atoms with Crippen LogP contribution in [-0.4, -0.2) is 52.5 Å². The topological polar surface area (TPSA) is 163 Å². The first-order chi connectivity index (χ1) is 13.0. The standard InChI is InChI=1S/C16H23N3O8S.Na/c1-16(17-18-16)9-8-11(20)6-4-2-3-5-7-14(22)27-19-13(21)10-12(15(19)23)28(24,25)26;/h12H,2-10H2,1H3,(H,24,25,26);/q;+1/p-1. The van der Waals surface area contributed by atoms with Gasteiger partial charge in [-0.3, -0.25) is 14.4 Å². The van der Waals surface area contributed by atoms with Crippen LogP contribution in [0.15, 0.2) is 10.2 Å². The Morgan fingerprint density at radius 3 is 2.24 bits per heavy atom. The van der Waals surface area contributed by atoms with Crippen molar-refractivity contribution in [1.82, 2.24) is 5.06 Å². The molecular formula is C16H22N3NaO8S. The van der Waals surface area contributed by atoms with Gasteiger partial charge in [0.1, 0.15) is 21.2 Å². The van der Waals surface area contributed by atoms with Gasteiger partial charge >= 0.3 is 35.5 Å². The number of rotatable bonds is 12. The van der Waals surface area contributed by atoms with Crippen LogP contribution >= 0.6 is 0 Å². The fourth-order valence-corrected chi connectivity index (χ4v) is 3.37. The average Bonchev–Trinajstić information content (AvgIpc) is 3.27. The molecule has 2 aliphatic heterocycles. The summed E-state index contributed by atoms with van der Waals surface area (Å²) in [6.07, 6.45) is 3.07. The molecule has 0 aromatic carbocycles. The van der Waals surface area contributed by atoms with E-state index in [-0.39, 0.29) is 52.5 Å². The first kappa shape index (κ1) is 25.8. The maximum Gasteiger partial charge on any atom is 1.00 e. The summed E-state index contributed by atoms with van der Waals surface area (Å²) in [5, 5.41) is 5.70. The summed E-state index contributed by atoms with van der Waals surface area (Å²) in [5.41, 5.74) is -0.369. The first-order valence-corrected chi connectivity index (χ1v) is 10.5. The normalized spacial score (nSPS) is 19.8. The molecule has 0 saturated carbocycles. The number of hydrogen-bond donors (Lipinski definition) is 0. The minimum Gasteiger partial charge on any atom is -0.747 e. The van der Waals surface area contributed by atoms with Gasteiger partial charge in [-0.15, -0.1) is 5.06 Å². The first-order valence-electron chi connectivity index (χ1n) is 9.00. The van der Waals surface area contributed by atoms with Gasteiger partial charge in [-0.2, -0.15) is 10.2 Å².